The highest BCUT2D eigenvalue weighted by molar-refractivity contribution is 5.88. The lowest BCUT2D eigenvalue weighted by Crippen LogP contribution is -2.48. The fraction of sp³-hybridized carbons (Fsp3) is 0.778. The fourth-order valence-electron chi connectivity index (χ4n) is 1.16. The van der Waals surface area contributed by atoms with E-state index in [1.165, 1.54) is 0 Å². The molecule has 1 fully saturated rings. The van der Waals surface area contributed by atoms with Crippen LogP contribution in [0.15, 0.2) is 0 Å². The number of hydrogen-bond donors (Lipinski definition) is 3. The van der Waals surface area contributed by atoms with Crippen molar-refractivity contribution in [2.45, 2.75) is 38.1 Å². The Labute approximate surface area is 82.9 Å². The molecule has 0 saturated heterocycles. The van der Waals surface area contributed by atoms with Crippen molar-refractivity contribution in [2.24, 2.45) is 0 Å². The van der Waals surface area contributed by atoms with Crippen molar-refractivity contribution >= 4 is 12.0 Å². The van der Waals surface area contributed by atoms with Gasteiger partial charge in [0.05, 0.1) is 0 Å². The number of carboxylic acids is 1. The summed E-state index contributed by atoms with van der Waals surface area (Å²) >= 11 is 0. The van der Waals surface area contributed by atoms with Crippen LogP contribution < -0.4 is 10.6 Å². The molecule has 1 aliphatic carbocycles. The van der Waals surface area contributed by atoms with E-state index in [2.05, 4.69) is 10.6 Å². The van der Waals surface area contributed by atoms with Gasteiger partial charge in [-0.3, -0.25) is 0 Å². The standard InChI is InChI=1S/C9H16N2O3/c1-2-3-6-10-8(14)11-9(4-5-9)7(12)13/h2-6H2,1H3,(H,12,13)(H2,10,11,14). The molecule has 0 bridgehead atoms. The van der Waals surface area contributed by atoms with Gasteiger partial charge in [0.15, 0.2) is 0 Å². The highest BCUT2D eigenvalue weighted by Gasteiger charge is 2.51. The van der Waals surface area contributed by atoms with Crippen molar-refractivity contribution in [2.75, 3.05) is 6.54 Å². The molecule has 14 heavy (non-hydrogen) atoms. The molecular weight excluding hydrogens is 184 g/mol. The first-order valence-electron chi connectivity index (χ1n) is 4.90. The van der Waals surface area contributed by atoms with Gasteiger partial charge in [-0.25, -0.2) is 9.59 Å². The number of amides is 2. The third kappa shape index (κ3) is 2.61. The van der Waals surface area contributed by atoms with E-state index in [0.717, 1.165) is 12.8 Å². The number of carbonyl (C=O) groups is 2. The Morgan fingerprint density at radius 3 is 2.50 bits per heavy atom. The van der Waals surface area contributed by atoms with Gasteiger partial charge < -0.3 is 15.7 Å². The molecule has 0 atom stereocenters. The number of carboxylic acid groups (broad SMARTS) is 1. The van der Waals surface area contributed by atoms with Crippen LogP contribution in [-0.4, -0.2) is 29.2 Å². The lowest BCUT2D eigenvalue weighted by molar-refractivity contribution is -0.140. The monoisotopic (exact) mass is 200 g/mol. The van der Waals surface area contributed by atoms with Crippen LogP contribution >= 0.6 is 0 Å². The van der Waals surface area contributed by atoms with E-state index in [0.29, 0.717) is 19.4 Å². The van der Waals surface area contributed by atoms with Crippen LogP contribution in [0.1, 0.15) is 32.6 Å². The van der Waals surface area contributed by atoms with E-state index < -0.39 is 11.5 Å². The number of nitrogens with one attached hydrogen (secondary N) is 2. The summed E-state index contributed by atoms with van der Waals surface area (Å²) in [5, 5.41) is 13.9. The van der Waals surface area contributed by atoms with Gasteiger partial charge in [-0.2, -0.15) is 0 Å². The molecule has 0 radical (unpaired) electrons. The van der Waals surface area contributed by atoms with Gasteiger partial charge in [0.1, 0.15) is 5.54 Å². The van der Waals surface area contributed by atoms with Crippen molar-refractivity contribution in [1.82, 2.24) is 10.6 Å². The molecule has 0 aromatic heterocycles. The van der Waals surface area contributed by atoms with Crippen molar-refractivity contribution in [3.63, 3.8) is 0 Å². The average Bonchev–Trinajstić information content (AvgIpc) is 2.86. The maximum atomic E-state index is 11.2. The Kier molecular flexibility index (Phi) is 3.33. The highest BCUT2D eigenvalue weighted by atomic mass is 16.4. The predicted molar refractivity (Wildman–Crippen MR) is 51.0 cm³/mol. The Hall–Kier alpha value is -1.26. The second kappa shape index (κ2) is 4.30. The van der Waals surface area contributed by atoms with E-state index >= 15 is 0 Å². The second-order valence-corrected chi connectivity index (χ2v) is 3.62. The summed E-state index contributed by atoms with van der Waals surface area (Å²) in [6.07, 6.45) is 2.98. The molecule has 1 saturated carbocycles. The molecule has 0 unspecified atom stereocenters. The molecule has 5 nitrogen and oxygen atoms in total. The van der Waals surface area contributed by atoms with Crippen LogP contribution in [0, 0.1) is 0 Å². The molecule has 0 heterocycles. The summed E-state index contributed by atoms with van der Waals surface area (Å²) < 4.78 is 0. The van der Waals surface area contributed by atoms with Gasteiger partial charge in [0.2, 0.25) is 0 Å². The predicted octanol–water partition coefficient (Wildman–Crippen LogP) is 0.703. The van der Waals surface area contributed by atoms with Gasteiger partial charge in [0, 0.05) is 6.54 Å². The lowest BCUT2D eigenvalue weighted by Gasteiger charge is -2.12. The minimum absolute atomic E-state index is 0.377. The first kappa shape index (κ1) is 10.8. The maximum Gasteiger partial charge on any atom is 0.329 e. The average molecular weight is 200 g/mol. The zero-order valence-corrected chi connectivity index (χ0v) is 8.30. The molecule has 0 spiro atoms. The molecule has 2 amide bonds. The summed E-state index contributed by atoms with van der Waals surface area (Å²) in [5.74, 6) is -0.942. The van der Waals surface area contributed by atoms with Gasteiger partial charge in [-0.15, -0.1) is 0 Å². The van der Waals surface area contributed by atoms with Crippen LogP contribution in [0.25, 0.3) is 0 Å². The molecule has 80 valence electrons. The van der Waals surface area contributed by atoms with Gasteiger partial charge in [-0.05, 0) is 19.3 Å². The SMILES string of the molecule is CCCCNC(=O)NC1(C(=O)O)CC1. The zero-order chi connectivity index (χ0) is 10.6. The molecule has 3 N–H and O–H groups in total. The number of rotatable bonds is 5. The first-order chi connectivity index (χ1) is 6.60. The van der Waals surface area contributed by atoms with Crippen LogP contribution in [0.4, 0.5) is 4.79 Å². The van der Waals surface area contributed by atoms with E-state index in [-0.39, 0.29) is 6.03 Å². The Bertz CT molecular complexity index is 236. The summed E-state index contributed by atoms with van der Waals surface area (Å²) in [4.78, 5) is 21.9. The van der Waals surface area contributed by atoms with Gasteiger partial charge in [-0.1, -0.05) is 13.3 Å². The molecule has 1 aliphatic rings. The number of urea groups is 1. The van der Waals surface area contributed by atoms with E-state index in [1.54, 1.807) is 0 Å². The van der Waals surface area contributed by atoms with Gasteiger partial charge >= 0.3 is 12.0 Å². The van der Waals surface area contributed by atoms with Crippen LogP contribution in [0.3, 0.4) is 0 Å². The van der Waals surface area contributed by atoms with E-state index in [4.69, 9.17) is 5.11 Å². The molecule has 0 aromatic carbocycles. The van der Waals surface area contributed by atoms with Gasteiger partial charge in [0.25, 0.3) is 0 Å². The summed E-state index contributed by atoms with van der Waals surface area (Å²) in [5.41, 5.74) is -0.976. The number of unbranched alkanes of at least 4 members (excludes halogenated alkanes) is 1. The third-order valence-corrected chi connectivity index (χ3v) is 2.33. The summed E-state index contributed by atoms with van der Waals surface area (Å²) in [6, 6.07) is -0.377. The molecule has 0 aliphatic heterocycles. The van der Waals surface area contributed by atoms with Crippen LogP contribution in [0.5, 0.6) is 0 Å². The number of carbonyl (C=O) groups excluding carboxylic acids is 1. The minimum atomic E-state index is -0.976. The molecule has 0 aromatic rings. The number of hydrogen-bond acceptors (Lipinski definition) is 2. The first-order valence-corrected chi connectivity index (χ1v) is 4.90. The zero-order valence-electron chi connectivity index (χ0n) is 8.30. The maximum absolute atomic E-state index is 11.2. The van der Waals surface area contributed by atoms with Crippen LogP contribution in [-0.2, 0) is 4.79 Å². The van der Waals surface area contributed by atoms with Crippen molar-refractivity contribution in [1.29, 1.82) is 0 Å². The quantitative estimate of drug-likeness (QED) is 0.572. The topological polar surface area (TPSA) is 78.4 Å². The normalized spacial score (nSPS) is 17.2. The Morgan fingerprint density at radius 2 is 2.07 bits per heavy atom. The van der Waals surface area contributed by atoms with Crippen LogP contribution in [0.2, 0.25) is 0 Å². The van der Waals surface area contributed by atoms with Crippen molar-refractivity contribution < 1.29 is 14.7 Å². The highest BCUT2D eigenvalue weighted by Crippen LogP contribution is 2.35. The summed E-state index contributed by atoms with van der Waals surface area (Å²) in [7, 11) is 0. The Morgan fingerprint density at radius 1 is 1.43 bits per heavy atom. The minimum Gasteiger partial charge on any atom is -0.480 e. The number of aliphatic carboxylic acids is 1. The van der Waals surface area contributed by atoms with Crippen molar-refractivity contribution in [3.05, 3.63) is 0 Å². The second-order valence-electron chi connectivity index (χ2n) is 3.62. The van der Waals surface area contributed by atoms with E-state index in [1.807, 2.05) is 6.92 Å². The fourth-order valence-corrected chi connectivity index (χ4v) is 1.16. The molecule has 1 rings (SSSR count). The smallest absolute Gasteiger partial charge is 0.329 e. The molecular formula is C9H16N2O3. The lowest BCUT2D eigenvalue weighted by atomic mass is 10.3. The Balaban J connectivity index is 2.24. The largest absolute Gasteiger partial charge is 0.480 e. The van der Waals surface area contributed by atoms with Crippen molar-refractivity contribution in [3.8, 4) is 0 Å². The molecule has 5 heteroatoms. The summed E-state index contributed by atoms with van der Waals surface area (Å²) in [6.45, 7) is 2.62. The third-order valence-electron chi connectivity index (χ3n) is 2.33. The van der Waals surface area contributed by atoms with E-state index in [9.17, 15) is 9.59 Å².